The molecule has 96 valence electrons. The summed E-state index contributed by atoms with van der Waals surface area (Å²) in [6.45, 7) is 4.28. The van der Waals surface area contributed by atoms with E-state index in [-0.39, 0.29) is 0 Å². The fourth-order valence-corrected chi connectivity index (χ4v) is 1.79. The molecule has 0 bridgehead atoms. The maximum Gasteiger partial charge on any atom is 0.184 e. The normalized spacial score (nSPS) is 10.9. The minimum absolute atomic E-state index is 0.536. The molecule has 0 spiro atoms. The first-order valence-corrected chi connectivity index (χ1v) is 5.95. The van der Waals surface area contributed by atoms with Gasteiger partial charge in [0.15, 0.2) is 5.82 Å². The van der Waals surface area contributed by atoms with Gasteiger partial charge in [-0.2, -0.15) is 5.10 Å². The van der Waals surface area contributed by atoms with Crippen molar-refractivity contribution in [2.45, 2.75) is 20.3 Å². The summed E-state index contributed by atoms with van der Waals surface area (Å²) in [5, 5.41) is 7.17. The lowest BCUT2D eigenvalue weighted by Crippen LogP contribution is -1.96. The standard InChI is InChI=1S/C13H18N4O/c1-8(2)6-12-15-13(17-16-12)10-7-9(14)4-5-11(10)18-3/h4-5,7-8H,6,14H2,1-3H3,(H,15,16,17). The molecule has 0 saturated heterocycles. The smallest absolute Gasteiger partial charge is 0.184 e. The number of nitrogens with two attached hydrogens (primary N) is 1. The highest BCUT2D eigenvalue weighted by Gasteiger charge is 2.12. The monoisotopic (exact) mass is 246 g/mol. The van der Waals surface area contributed by atoms with Crippen molar-refractivity contribution in [1.29, 1.82) is 0 Å². The molecular formula is C13H18N4O. The lowest BCUT2D eigenvalue weighted by molar-refractivity contribution is 0.416. The van der Waals surface area contributed by atoms with E-state index in [0.717, 1.165) is 23.6 Å². The molecule has 0 saturated carbocycles. The van der Waals surface area contributed by atoms with Gasteiger partial charge in [-0.1, -0.05) is 13.8 Å². The van der Waals surface area contributed by atoms with E-state index in [4.69, 9.17) is 10.5 Å². The number of methoxy groups -OCH3 is 1. The molecule has 1 heterocycles. The largest absolute Gasteiger partial charge is 0.496 e. The second-order valence-electron chi connectivity index (χ2n) is 4.66. The first-order chi connectivity index (χ1) is 8.60. The number of ether oxygens (including phenoxy) is 1. The Morgan fingerprint density at radius 1 is 1.39 bits per heavy atom. The lowest BCUT2D eigenvalue weighted by Gasteiger charge is -2.05. The van der Waals surface area contributed by atoms with Crippen molar-refractivity contribution in [3.63, 3.8) is 0 Å². The number of hydrogen-bond donors (Lipinski definition) is 2. The molecule has 1 aromatic heterocycles. The topological polar surface area (TPSA) is 76.8 Å². The van der Waals surface area contributed by atoms with E-state index in [1.165, 1.54) is 0 Å². The van der Waals surface area contributed by atoms with Crippen LogP contribution in [0, 0.1) is 5.92 Å². The molecule has 0 fully saturated rings. The van der Waals surface area contributed by atoms with E-state index in [0.29, 0.717) is 17.4 Å². The molecule has 5 heteroatoms. The third kappa shape index (κ3) is 2.61. The van der Waals surface area contributed by atoms with E-state index in [9.17, 15) is 0 Å². The van der Waals surface area contributed by atoms with Crippen molar-refractivity contribution in [2.75, 3.05) is 12.8 Å². The molecule has 0 amide bonds. The summed E-state index contributed by atoms with van der Waals surface area (Å²) in [6, 6.07) is 5.44. The van der Waals surface area contributed by atoms with Crippen LogP contribution < -0.4 is 10.5 Å². The van der Waals surface area contributed by atoms with E-state index in [1.54, 1.807) is 13.2 Å². The SMILES string of the molecule is COc1ccc(N)cc1-c1n[nH]c(CC(C)C)n1. The van der Waals surface area contributed by atoms with Crippen molar-refractivity contribution < 1.29 is 4.74 Å². The minimum atomic E-state index is 0.536. The summed E-state index contributed by atoms with van der Waals surface area (Å²) in [7, 11) is 1.62. The maximum absolute atomic E-state index is 5.79. The highest BCUT2D eigenvalue weighted by atomic mass is 16.5. The number of nitrogens with one attached hydrogen (secondary N) is 1. The van der Waals surface area contributed by atoms with Crippen LogP contribution in [0.15, 0.2) is 18.2 Å². The molecule has 3 N–H and O–H groups in total. The Kier molecular flexibility index (Phi) is 3.50. The molecule has 0 aliphatic rings. The van der Waals surface area contributed by atoms with Crippen LogP contribution in [0.2, 0.25) is 0 Å². The highest BCUT2D eigenvalue weighted by molar-refractivity contribution is 5.68. The zero-order chi connectivity index (χ0) is 13.1. The van der Waals surface area contributed by atoms with Crippen molar-refractivity contribution >= 4 is 5.69 Å². The summed E-state index contributed by atoms with van der Waals surface area (Å²) in [6.07, 6.45) is 0.873. The van der Waals surface area contributed by atoms with Crippen molar-refractivity contribution in [3.8, 4) is 17.1 Å². The van der Waals surface area contributed by atoms with Gasteiger partial charge in [0.25, 0.3) is 0 Å². The lowest BCUT2D eigenvalue weighted by atomic mass is 10.1. The van der Waals surface area contributed by atoms with Gasteiger partial charge < -0.3 is 10.5 Å². The average Bonchev–Trinajstić information content (AvgIpc) is 2.76. The van der Waals surface area contributed by atoms with Crippen LogP contribution in [0.25, 0.3) is 11.4 Å². The summed E-state index contributed by atoms with van der Waals surface area (Å²) >= 11 is 0. The minimum Gasteiger partial charge on any atom is -0.496 e. The molecule has 18 heavy (non-hydrogen) atoms. The van der Waals surface area contributed by atoms with Crippen LogP contribution in [0.3, 0.4) is 0 Å². The van der Waals surface area contributed by atoms with Crippen molar-refractivity contribution in [3.05, 3.63) is 24.0 Å². The number of H-pyrrole nitrogens is 1. The number of nitrogens with zero attached hydrogens (tertiary/aromatic N) is 2. The van der Waals surface area contributed by atoms with Gasteiger partial charge in [-0.25, -0.2) is 4.98 Å². The molecule has 2 aromatic rings. The molecule has 0 atom stereocenters. The summed E-state index contributed by atoms with van der Waals surface area (Å²) < 4.78 is 5.30. The third-order valence-electron chi connectivity index (χ3n) is 2.60. The Morgan fingerprint density at radius 3 is 2.83 bits per heavy atom. The summed E-state index contributed by atoms with van der Waals surface area (Å²) in [4.78, 5) is 4.47. The zero-order valence-electron chi connectivity index (χ0n) is 10.9. The second-order valence-corrected chi connectivity index (χ2v) is 4.66. The number of aromatic amines is 1. The van der Waals surface area contributed by atoms with E-state index < -0.39 is 0 Å². The van der Waals surface area contributed by atoms with Gasteiger partial charge in [0.05, 0.1) is 12.7 Å². The maximum atomic E-state index is 5.79. The fraction of sp³-hybridized carbons (Fsp3) is 0.385. The van der Waals surface area contributed by atoms with Crippen LogP contribution >= 0.6 is 0 Å². The second kappa shape index (κ2) is 5.08. The van der Waals surface area contributed by atoms with Gasteiger partial charge in [0, 0.05) is 12.1 Å². The van der Waals surface area contributed by atoms with Crippen LogP contribution in [-0.2, 0) is 6.42 Å². The van der Waals surface area contributed by atoms with Gasteiger partial charge in [-0.05, 0) is 24.1 Å². The fourth-order valence-electron chi connectivity index (χ4n) is 1.79. The molecule has 0 aliphatic heterocycles. The molecular weight excluding hydrogens is 228 g/mol. The van der Waals surface area contributed by atoms with Crippen LogP contribution in [-0.4, -0.2) is 22.3 Å². The molecule has 2 rings (SSSR count). The Morgan fingerprint density at radius 2 is 2.17 bits per heavy atom. The Bertz CT molecular complexity index is 534. The highest BCUT2D eigenvalue weighted by Crippen LogP contribution is 2.29. The quantitative estimate of drug-likeness (QED) is 0.811. The molecule has 0 radical (unpaired) electrons. The Hall–Kier alpha value is -2.04. The van der Waals surface area contributed by atoms with Gasteiger partial charge in [0.2, 0.25) is 0 Å². The van der Waals surface area contributed by atoms with Gasteiger partial charge in [-0.15, -0.1) is 0 Å². The van der Waals surface area contributed by atoms with Gasteiger partial charge >= 0.3 is 0 Å². The average molecular weight is 246 g/mol. The number of hydrogen-bond acceptors (Lipinski definition) is 4. The number of benzene rings is 1. The number of rotatable bonds is 4. The zero-order valence-corrected chi connectivity index (χ0v) is 10.9. The number of anilines is 1. The van der Waals surface area contributed by atoms with Crippen LogP contribution in [0.1, 0.15) is 19.7 Å². The van der Waals surface area contributed by atoms with E-state index >= 15 is 0 Å². The third-order valence-corrected chi connectivity index (χ3v) is 2.60. The first kappa shape index (κ1) is 12.4. The summed E-state index contributed by atoms with van der Waals surface area (Å²) in [5.74, 6) is 2.76. The van der Waals surface area contributed by atoms with Crippen LogP contribution in [0.4, 0.5) is 5.69 Å². The van der Waals surface area contributed by atoms with E-state index in [1.807, 2.05) is 12.1 Å². The van der Waals surface area contributed by atoms with Gasteiger partial charge in [0.1, 0.15) is 11.6 Å². The van der Waals surface area contributed by atoms with E-state index in [2.05, 4.69) is 29.0 Å². The van der Waals surface area contributed by atoms with Crippen LogP contribution in [0.5, 0.6) is 5.75 Å². The molecule has 0 aliphatic carbocycles. The van der Waals surface area contributed by atoms with Crippen molar-refractivity contribution in [1.82, 2.24) is 15.2 Å². The Balaban J connectivity index is 2.36. The number of aromatic nitrogens is 3. The first-order valence-electron chi connectivity index (χ1n) is 5.95. The number of nitrogen functional groups attached to an aromatic ring is 1. The summed E-state index contributed by atoms with van der Waals surface area (Å²) in [5.41, 5.74) is 7.26. The predicted octanol–water partition coefficient (Wildman–Crippen LogP) is 2.26. The van der Waals surface area contributed by atoms with Crippen molar-refractivity contribution in [2.24, 2.45) is 5.92 Å². The Labute approximate surface area is 106 Å². The molecule has 5 nitrogen and oxygen atoms in total. The molecule has 1 aromatic carbocycles. The van der Waals surface area contributed by atoms with Gasteiger partial charge in [-0.3, -0.25) is 5.10 Å². The predicted molar refractivity (Wildman–Crippen MR) is 71.3 cm³/mol. The molecule has 0 unspecified atom stereocenters.